The molecule has 0 aliphatic heterocycles. The van der Waals surface area contributed by atoms with E-state index in [1.807, 2.05) is 54.6 Å². The number of amides is 1. The van der Waals surface area contributed by atoms with E-state index >= 15 is 0 Å². The van der Waals surface area contributed by atoms with Gasteiger partial charge in [-0.3, -0.25) is 9.59 Å². The van der Waals surface area contributed by atoms with Crippen LogP contribution in [0.3, 0.4) is 0 Å². The van der Waals surface area contributed by atoms with E-state index in [0.717, 1.165) is 16.7 Å². The van der Waals surface area contributed by atoms with Crippen LogP contribution < -0.4 is 5.73 Å². The van der Waals surface area contributed by atoms with Gasteiger partial charge in [-0.25, -0.2) is 0 Å². The van der Waals surface area contributed by atoms with E-state index < -0.39 is 17.8 Å². The van der Waals surface area contributed by atoms with Crippen LogP contribution >= 0.6 is 0 Å². The number of carbonyl (C=O) groups excluding carboxylic acids is 1. The molecule has 0 spiro atoms. The molecule has 5 heteroatoms. The highest BCUT2D eigenvalue weighted by Crippen LogP contribution is 2.29. The second-order valence-corrected chi connectivity index (χ2v) is 5.71. The summed E-state index contributed by atoms with van der Waals surface area (Å²) in [6, 6.07) is 21.0. The van der Waals surface area contributed by atoms with Crippen LogP contribution in [-0.4, -0.2) is 17.0 Å². The Labute approximate surface area is 144 Å². The quantitative estimate of drug-likeness (QED) is 0.719. The predicted molar refractivity (Wildman–Crippen MR) is 93.8 cm³/mol. The second kappa shape index (κ2) is 7.05. The van der Waals surface area contributed by atoms with Crippen LogP contribution in [0.2, 0.25) is 0 Å². The van der Waals surface area contributed by atoms with Gasteiger partial charge in [0.05, 0.1) is 0 Å². The molecular formula is C20H17NO4. The summed E-state index contributed by atoms with van der Waals surface area (Å²) in [5.74, 6) is -2.13. The van der Waals surface area contributed by atoms with E-state index in [-0.39, 0.29) is 12.2 Å². The first-order chi connectivity index (χ1) is 12.0. The van der Waals surface area contributed by atoms with E-state index in [4.69, 9.17) is 10.2 Å². The minimum absolute atomic E-state index is 0.216. The van der Waals surface area contributed by atoms with Crippen LogP contribution in [0.25, 0.3) is 22.5 Å². The van der Waals surface area contributed by atoms with Crippen molar-refractivity contribution >= 4 is 11.9 Å². The minimum atomic E-state index is -1.14. The average molecular weight is 335 g/mol. The van der Waals surface area contributed by atoms with Crippen LogP contribution in [0.1, 0.15) is 18.1 Å². The fourth-order valence-corrected chi connectivity index (χ4v) is 2.66. The molecule has 1 unspecified atom stereocenters. The normalized spacial score (nSPS) is 11.8. The molecule has 25 heavy (non-hydrogen) atoms. The first-order valence-corrected chi connectivity index (χ1v) is 7.81. The highest BCUT2D eigenvalue weighted by atomic mass is 16.4. The van der Waals surface area contributed by atoms with Gasteiger partial charge in [-0.2, -0.15) is 0 Å². The molecule has 5 nitrogen and oxygen atoms in total. The summed E-state index contributed by atoms with van der Waals surface area (Å²) in [7, 11) is 0. The lowest BCUT2D eigenvalue weighted by atomic mass is 10.0. The standard InChI is InChI=1S/C20H17NO4/c21-19(22)12-16(20(23)24)18-11-10-17(25-18)15-8-6-14(7-9-15)13-4-2-1-3-5-13/h1-11,16H,12H2,(H2,21,22)(H,23,24). The maximum absolute atomic E-state index is 11.3. The van der Waals surface area contributed by atoms with Crippen LogP contribution in [-0.2, 0) is 9.59 Å². The number of aliphatic carboxylic acids is 1. The molecule has 0 aliphatic rings. The molecule has 0 aliphatic carbocycles. The van der Waals surface area contributed by atoms with Gasteiger partial charge in [0.1, 0.15) is 17.4 Å². The number of carboxylic acid groups (broad SMARTS) is 1. The predicted octanol–water partition coefficient (Wildman–Crippen LogP) is 3.66. The zero-order valence-electron chi connectivity index (χ0n) is 13.4. The summed E-state index contributed by atoms with van der Waals surface area (Å²) in [6.07, 6.45) is -0.296. The SMILES string of the molecule is NC(=O)CC(C(=O)O)c1ccc(-c2ccc(-c3ccccc3)cc2)o1. The number of hydrogen-bond acceptors (Lipinski definition) is 3. The van der Waals surface area contributed by atoms with Crippen molar-refractivity contribution in [3.8, 4) is 22.5 Å². The van der Waals surface area contributed by atoms with Gasteiger partial charge in [-0.15, -0.1) is 0 Å². The fraction of sp³-hybridized carbons (Fsp3) is 0.100. The highest BCUT2D eigenvalue weighted by molar-refractivity contribution is 5.84. The highest BCUT2D eigenvalue weighted by Gasteiger charge is 2.25. The van der Waals surface area contributed by atoms with E-state index in [1.165, 1.54) is 0 Å². The van der Waals surface area contributed by atoms with Crippen LogP contribution in [0.5, 0.6) is 0 Å². The van der Waals surface area contributed by atoms with Crippen molar-refractivity contribution in [2.45, 2.75) is 12.3 Å². The molecule has 3 aromatic rings. The van der Waals surface area contributed by atoms with Gasteiger partial charge in [-0.1, -0.05) is 54.6 Å². The number of hydrogen-bond donors (Lipinski definition) is 2. The summed E-state index contributed by atoms with van der Waals surface area (Å²) in [4.78, 5) is 22.4. The number of primary amides is 1. The molecule has 1 atom stereocenters. The zero-order chi connectivity index (χ0) is 17.8. The lowest BCUT2D eigenvalue weighted by Crippen LogP contribution is -2.20. The maximum Gasteiger partial charge on any atom is 0.314 e. The Bertz CT molecular complexity index is 882. The van der Waals surface area contributed by atoms with Gasteiger partial charge in [0, 0.05) is 12.0 Å². The van der Waals surface area contributed by atoms with E-state index in [0.29, 0.717) is 5.76 Å². The number of rotatable bonds is 6. The van der Waals surface area contributed by atoms with Gasteiger partial charge >= 0.3 is 5.97 Å². The maximum atomic E-state index is 11.3. The average Bonchev–Trinajstić information content (AvgIpc) is 3.10. The smallest absolute Gasteiger partial charge is 0.314 e. The molecule has 0 fully saturated rings. The first kappa shape index (κ1) is 16.5. The molecule has 0 saturated heterocycles. The molecule has 0 bridgehead atoms. The van der Waals surface area contributed by atoms with Crippen molar-refractivity contribution < 1.29 is 19.1 Å². The number of benzene rings is 2. The molecule has 0 saturated carbocycles. The van der Waals surface area contributed by atoms with Crippen molar-refractivity contribution in [3.63, 3.8) is 0 Å². The van der Waals surface area contributed by atoms with Crippen molar-refractivity contribution in [2.75, 3.05) is 0 Å². The molecule has 3 rings (SSSR count). The Morgan fingerprint density at radius 3 is 2.08 bits per heavy atom. The fourth-order valence-electron chi connectivity index (χ4n) is 2.66. The monoisotopic (exact) mass is 335 g/mol. The Hall–Kier alpha value is -3.34. The first-order valence-electron chi connectivity index (χ1n) is 7.81. The molecule has 0 radical (unpaired) electrons. The van der Waals surface area contributed by atoms with Gasteiger partial charge in [0.2, 0.25) is 5.91 Å². The summed E-state index contributed by atoms with van der Waals surface area (Å²) in [5, 5.41) is 9.25. The third-order valence-electron chi connectivity index (χ3n) is 3.95. The molecular weight excluding hydrogens is 318 g/mol. The third-order valence-corrected chi connectivity index (χ3v) is 3.95. The van der Waals surface area contributed by atoms with E-state index in [9.17, 15) is 14.7 Å². The summed E-state index contributed by atoms with van der Waals surface area (Å²) < 4.78 is 5.65. The summed E-state index contributed by atoms with van der Waals surface area (Å²) in [6.45, 7) is 0. The van der Waals surface area contributed by atoms with Gasteiger partial charge in [0.25, 0.3) is 0 Å². The van der Waals surface area contributed by atoms with Crippen LogP contribution in [0, 0.1) is 0 Å². The van der Waals surface area contributed by atoms with Crippen LogP contribution in [0.15, 0.2) is 71.1 Å². The largest absolute Gasteiger partial charge is 0.481 e. The molecule has 126 valence electrons. The third kappa shape index (κ3) is 3.77. The van der Waals surface area contributed by atoms with Crippen molar-refractivity contribution in [1.82, 2.24) is 0 Å². The van der Waals surface area contributed by atoms with Crippen molar-refractivity contribution in [2.24, 2.45) is 5.73 Å². The Kier molecular flexibility index (Phi) is 4.66. The molecule has 2 aromatic carbocycles. The van der Waals surface area contributed by atoms with Crippen molar-refractivity contribution in [1.29, 1.82) is 0 Å². The molecule has 3 N–H and O–H groups in total. The minimum Gasteiger partial charge on any atom is -0.481 e. The topological polar surface area (TPSA) is 93.5 Å². The summed E-state index contributed by atoms with van der Waals surface area (Å²) in [5.41, 5.74) is 8.13. The lowest BCUT2D eigenvalue weighted by Gasteiger charge is -2.07. The van der Waals surface area contributed by atoms with Gasteiger partial charge in [-0.05, 0) is 23.3 Å². The molecule has 1 amide bonds. The summed E-state index contributed by atoms with van der Waals surface area (Å²) >= 11 is 0. The van der Waals surface area contributed by atoms with Crippen LogP contribution in [0.4, 0.5) is 0 Å². The number of nitrogens with two attached hydrogens (primary N) is 1. The van der Waals surface area contributed by atoms with Gasteiger partial charge in [0.15, 0.2) is 0 Å². The second-order valence-electron chi connectivity index (χ2n) is 5.71. The van der Waals surface area contributed by atoms with E-state index in [1.54, 1.807) is 12.1 Å². The lowest BCUT2D eigenvalue weighted by molar-refractivity contribution is -0.140. The van der Waals surface area contributed by atoms with E-state index in [2.05, 4.69) is 0 Å². The number of carbonyl (C=O) groups is 2. The Balaban J connectivity index is 1.84. The zero-order valence-corrected chi connectivity index (χ0v) is 13.4. The molecule has 1 heterocycles. The Morgan fingerprint density at radius 1 is 0.880 bits per heavy atom. The van der Waals surface area contributed by atoms with Crippen molar-refractivity contribution in [3.05, 3.63) is 72.5 Å². The number of carboxylic acids is 1. The number of furan rings is 1. The molecule has 1 aromatic heterocycles. The van der Waals surface area contributed by atoms with Gasteiger partial charge < -0.3 is 15.3 Å². The Morgan fingerprint density at radius 2 is 1.48 bits per heavy atom.